The molecule has 0 bridgehead atoms. The molecule has 2 heterocycles. The molecule has 0 spiro atoms. The number of amides is 1. The van der Waals surface area contributed by atoms with Crippen molar-refractivity contribution < 1.29 is 22.7 Å². The molecule has 2 aromatic carbocycles. The van der Waals surface area contributed by atoms with Crippen LogP contribution in [0.5, 0.6) is 0 Å². The molecule has 1 aromatic heterocycles. The highest BCUT2D eigenvalue weighted by molar-refractivity contribution is 7.93. The van der Waals surface area contributed by atoms with E-state index in [1.807, 2.05) is 0 Å². The van der Waals surface area contributed by atoms with E-state index in [4.69, 9.17) is 4.74 Å². The van der Waals surface area contributed by atoms with E-state index in [0.717, 1.165) is 17.8 Å². The first-order valence-electron chi connectivity index (χ1n) is 10.3. The lowest BCUT2D eigenvalue weighted by molar-refractivity contribution is -0.149. The molecule has 1 N–H and O–H groups in total. The first-order valence-corrected chi connectivity index (χ1v) is 12.6. The summed E-state index contributed by atoms with van der Waals surface area (Å²) in [5.41, 5.74) is 1.07. The molecule has 1 fully saturated rings. The smallest absolute Gasteiger partial charge is 0.310 e. The number of fused-ring (bicyclic) bond motifs is 1. The standard InChI is InChI=1S/C22H23N3O5S2/c1-2-30-21(27)16-7-6-12-25(14-16)20(26)15-10-11-18-19(13-15)31-22(23-18)24-32(28,29)17-8-4-3-5-9-17/h3-5,8-11,13,16H,2,6-7,12,14H2,1H3,(H,23,24)/t16-/m0/s1. The molecule has 4 rings (SSSR count). The number of likely N-dealkylation sites (tertiary alicyclic amines) is 1. The largest absolute Gasteiger partial charge is 0.466 e. The zero-order valence-corrected chi connectivity index (χ0v) is 19.1. The van der Waals surface area contributed by atoms with Gasteiger partial charge in [-0.25, -0.2) is 13.4 Å². The average Bonchev–Trinajstić information content (AvgIpc) is 3.20. The number of piperidine rings is 1. The van der Waals surface area contributed by atoms with Gasteiger partial charge in [-0.1, -0.05) is 29.5 Å². The predicted molar refractivity (Wildman–Crippen MR) is 122 cm³/mol. The van der Waals surface area contributed by atoms with Crippen LogP contribution < -0.4 is 4.72 Å². The number of thiazole rings is 1. The van der Waals surface area contributed by atoms with Gasteiger partial charge in [0.25, 0.3) is 15.9 Å². The summed E-state index contributed by atoms with van der Waals surface area (Å²) in [6.07, 6.45) is 1.45. The fourth-order valence-electron chi connectivity index (χ4n) is 3.67. The molecule has 3 aromatic rings. The van der Waals surface area contributed by atoms with E-state index in [9.17, 15) is 18.0 Å². The van der Waals surface area contributed by atoms with Crippen LogP contribution in [0.15, 0.2) is 53.4 Å². The number of benzene rings is 2. The Kier molecular flexibility index (Phi) is 6.43. The molecular weight excluding hydrogens is 450 g/mol. The second kappa shape index (κ2) is 9.25. The van der Waals surface area contributed by atoms with Crippen molar-refractivity contribution in [3.05, 3.63) is 54.1 Å². The Morgan fingerprint density at radius 2 is 2.00 bits per heavy atom. The van der Waals surface area contributed by atoms with Gasteiger partial charge >= 0.3 is 5.97 Å². The maximum Gasteiger partial charge on any atom is 0.310 e. The van der Waals surface area contributed by atoms with E-state index in [2.05, 4.69) is 9.71 Å². The van der Waals surface area contributed by atoms with Crippen LogP contribution >= 0.6 is 11.3 Å². The molecular formula is C22H23N3O5S2. The van der Waals surface area contributed by atoms with Crippen molar-refractivity contribution in [2.45, 2.75) is 24.7 Å². The van der Waals surface area contributed by atoms with Crippen LogP contribution in [0.3, 0.4) is 0 Å². The number of esters is 1. The second-order valence-electron chi connectivity index (χ2n) is 7.46. The molecule has 0 saturated carbocycles. The quantitative estimate of drug-likeness (QED) is 0.549. The summed E-state index contributed by atoms with van der Waals surface area (Å²) >= 11 is 1.16. The number of hydrogen-bond donors (Lipinski definition) is 1. The fourth-order valence-corrected chi connectivity index (χ4v) is 5.83. The summed E-state index contributed by atoms with van der Waals surface area (Å²) in [6.45, 7) is 3.00. The molecule has 1 atom stereocenters. The number of hydrogen-bond acceptors (Lipinski definition) is 7. The van der Waals surface area contributed by atoms with Crippen LogP contribution in [-0.4, -0.2) is 49.9 Å². The van der Waals surface area contributed by atoms with Crippen molar-refractivity contribution in [2.75, 3.05) is 24.4 Å². The summed E-state index contributed by atoms with van der Waals surface area (Å²) < 4.78 is 33.4. The Morgan fingerprint density at radius 3 is 2.75 bits per heavy atom. The minimum absolute atomic E-state index is 0.149. The van der Waals surface area contributed by atoms with Gasteiger partial charge in [0, 0.05) is 18.7 Å². The lowest BCUT2D eigenvalue weighted by atomic mass is 9.97. The van der Waals surface area contributed by atoms with Gasteiger partial charge in [0.05, 0.1) is 27.6 Å². The Morgan fingerprint density at radius 1 is 1.22 bits per heavy atom. The van der Waals surface area contributed by atoms with E-state index >= 15 is 0 Å². The van der Waals surface area contributed by atoms with Crippen molar-refractivity contribution in [3.63, 3.8) is 0 Å². The molecule has 0 aliphatic carbocycles. The number of nitrogens with one attached hydrogen (secondary N) is 1. The van der Waals surface area contributed by atoms with Crippen LogP contribution in [0.25, 0.3) is 10.2 Å². The molecule has 1 amide bonds. The SMILES string of the molecule is CCOC(=O)[C@H]1CCCN(C(=O)c2ccc3nc(NS(=O)(=O)c4ccccc4)sc3c2)C1. The third-order valence-electron chi connectivity index (χ3n) is 5.24. The van der Waals surface area contributed by atoms with Gasteiger partial charge in [-0.3, -0.25) is 14.3 Å². The highest BCUT2D eigenvalue weighted by atomic mass is 32.2. The average molecular weight is 474 g/mol. The van der Waals surface area contributed by atoms with E-state index in [1.54, 1.807) is 48.2 Å². The number of nitrogens with zero attached hydrogens (tertiary/aromatic N) is 2. The Bertz CT molecular complexity index is 1240. The van der Waals surface area contributed by atoms with Crippen molar-refractivity contribution in [1.29, 1.82) is 0 Å². The number of carbonyl (C=O) groups is 2. The molecule has 32 heavy (non-hydrogen) atoms. The lowest BCUT2D eigenvalue weighted by Crippen LogP contribution is -2.42. The normalized spacial score (nSPS) is 16.7. The van der Waals surface area contributed by atoms with Gasteiger partial charge < -0.3 is 9.64 Å². The first kappa shape index (κ1) is 22.2. The lowest BCUT2D eigenvalue weighted by Gasteiger charge is -2.31. The van der Waals surface area contributed by atoms with Crippen molar-refractivity contribution in [1.82, 2.24) is 9.88 Å². The maximum atomic E-state index is 13.0. The minimum atomic E-state index is -3.74. The summed E-state index contributed by atoms with van der Waals surface area (Å²) in [6, 6.07) is 13.1. The Hall–Kier alpha value is -2.98. The van der Waals surface area contributed by atoms with Crippen LogP contribution in [0.1, 0.15) is 30.1 Å². The van der Waals surface area contributed by atoms with E-state index < -0.39 is 10.0 Å². The zero-order valence-electron chi connectivity index (χ0n) is 17.5. The highest BCUT2D eigenvalue weighted by Gasteiger charge is 2.30. The topological polar surface area (TPSA) is 106 Å². The third kappa shape index (κ3) is 4.76. The molecule has 0 radical (unpaired) electrons. The minimum Gasteiger partial charge on any atom is -0.466 e. The summed E-state index contributed by atoms with van der Waals surface area (Å²) in [5.74, 6) is -0.738. The van der Waals surface area contributed by atoms with Gasteiger partial charge in [-0.05, 0) is 50.1 Å². The first-order chi connectivity index (χ1) is 15.4. The maximum absolute atomic E-state index is 13.0. The number of rotatable bonds is 6. The molecule has 1 aliphatic rings. The molecule has 1 saturated heterocycles. The molecule has 10 heteroatoms. The highest BCUT2D eigenvalue weighted by Crippen LogP contribution is 2.29. The van der Waals surface area contributed by atoms with Crippen LogP contribution in [0, 0.1) is 5.92 Å². The van der Waals surface area contributed by atoms with Crippen molar-refractivity contribution in [3.8, 4) is 0 Å². The molecule has 8 nitrogen and oxygen atoms in total. The number of sulfonamides is 1. The van der Waals surface area contributed by atoms with E-state index in [1.165, 1.54) is 12.1 Å². The summed E-state index contributed by atoms with van der Waals surface area (Å²) in [5, 5.41) is 0.230. The number of aromatic nitrogens is 1. The van der Waals surface area contributed by atoms with Crippen molar-refractivity contribution in [2.24, 2.45) is 5.92 Å². The zero-order chi connectivity index (χ0) is 22.7. The van der Waals surface area contributed by atoms with Gasteiger partial charge in [-0.15, -0.1) is 0 Å². The van der Waals surface area contributed by atoms with E-state index in [-0.39, 0.29) is 27.8 Å². The number of carbonyl (C=O) groups excluding carboxylic acids is 2. The second-order valence-corrected chi connectivity index (χ2v) is 10.2. The van der Waals surface area contributed by atoms with Crippen molar-refractivity contribution >= 4 is 48.6 Å². The van der Waals surface area contributed by atoms with E-state index in [0.29, 0.717) is 41.9 Å². The van der Waals surface area contributed by atoms with Gasteiger partial charge in [0.15, 0.2) is 5.13 Å². The monoisotopic (exact) mass is 473 g/mol. The third-order valence-corrected chi connectivity index (χ3v) is 7.66. The predicted octanol–water partition coefficient (Wildman–Crippen LogP) is 3.51. The summed E-state index contributed by atoms with van der Waals surface area (Å²) in [7, 11) is -3.74. The van der Waals surface area contributed by atoms with Crippen LogP contribution in [-0.2, 0) is 19.6 Å². The number of anilines is 1. The fraction of sp³-hybridized carbons (Fsp3) is 0.318. The number of ether oxygens (including phenoxy) is 1. The van der Waals surface area contributed by atoms with Gasteiger partial charge in [-0.2, -0.15) is 0 Å². The van der Waals surface area contributed by atoms with Crippen LogP contribution in [0.4, 0.5) is 5.13 Å². The van der Waals surface area contributed by atoms with Gasteiger partial charge in [0.2, 0.25) is 0 Å². The Balaban J connectivity index is 1.51. The van der Waals surface area contributed by atoms with Crippen LogP contribution in [0.2, 0.25) is 0 Å². The molecule has 168 valence electrons. The Labute approximate surface area is 190 Å². The van der Waals surface area contributed by atoms with Gasteiger partial charge in [0.1, 0.15) is 0 Å². The summed E-state index contributed by atoms with van der Waals surface area (Å²) in [4.78, 5) is 31.3. The molecule has 0 unspecified atom stereocenters. The molecule has 1 aliphatic heterocycles.